The van der Waals surface area contributed by atoms with Crippen LogP contribution in [0, 0.1) is 69.2 Å². The molecular formula is C34H48OS. The highest BCUT2D eigenvalue weighted by molar-refractivity contribution is 7.19. The summed E-state index contributed by atoms with van der Waals surface area (Å²) in [5, 5.41) is 2.83. The molecular weight excluding hydrogens is 456 g/mol. The summed E-state index contributed by atoms with van der Waals surface area (Å²) < 4.78 is 7.71. The van der Waals surface area contributed by atoms with E-state index < -0.39 is 0 Å². The van der Waals surface area contributed by atoms with Gasteiger partial charge in [-0.2, -0.15) is 0 Å². The van der Waals surface area contributed by atoms with Crippen molar-refractivity contribution in [2.75, 3.05) is 0 Å². The summed E-state index contributed by atoms with van der Waals surface area (Å²) in [5.74, 6) is 1.12. The quantitative estimate of drug-likeness (QED) is 0.232. The minimum absolute atomic E-state index is 0.0593. The maximum atomic E-state index is 6.21. The van der Waals surface area contributed by atoms with Gasteiger partial charge in [-0.1, -0.05) is 41.5 Å². The Balaban J connectivity index is 0.000000201. The normalized spacial score (nSPS) is 12.4. The van der Waals surface area contributed by atoms with Gasteiger partial charge in [0.2, 0.25) is 0 Å². The first-order chi connectivity index (χ1) is 16.3. The first-order valence-corrected chi connectivity index (χ1v) is 14.1. The van der Waals surface area contributed by atoms with Crippen LogP contribution in [0.15, 0.2) is 4.42 Å². The zero-order valence-corrected chi connectivity index (χ0v) is 26.6. The van der Waals surface area contributed by atoms with E-state index in [1.807, 2.05) is 11.3 Å². The van der Waals surface area contributed by atoms with Crippen LogP contribution >= 0.6 is 11.3 Å². The van der Waals surface area contributed by atoms with Gasteiger partial charge in [-0.05, 0) is 136 Å². The van der Waals surface area contributed by atoms with Crippen LogP contribution in [0.4, 0.5) is 0 Å². The van der Waals surface area contributed by atoms with E-state index in [1.54, 1.807) is 0 Å². The fraction of sp³-hybridized carbons (Fsp3) is 0.529. The van der Waals surface area contributed by atoms with Crippen LogP contribution < -0.4 is 0 Å². The number of thiophene rings is 1. The van der Waals surface area contributed by atoms with Gasteiger partial charge in [0.1, 0.15) is 11.3 Å². The molecule has 0 fully saturated rings. The lowest BCUT2D eigenvalue weighted by Crippen LogP contribution is -2.11. The van der Waals surface area contributed by atoms with Gasteiger partial charge in [0.15, 0.2) is 0 Å². The Morgan fingerprint density at radius 2 is 0.889 bits per heavy atom. The molecule has 2 heterocycles. The summed E-state index contributed by atoms with van der Waals surface area (Å²) in [6.45, 7) is 35.9. The van der Waals surface area contributed by atoms with E-state index in [0.717, 1.165) is 11.3 Å². The molecule has 2 aromatic heterocycles. The molecule has 0 unspecified atom stereocenters. The Hall–Kier alpha value is -2.06. The molecule has 0 aliphatic carbocycles. The number of hydrogen-bond donors (Lipinski definition) is 0. The average molecular weight is 505 g/mol. The number of benzene rings is 2. The second-order valence-electron chi connectivity index (χ2n) is 13.0. The zero-order valence-electron chi connectivity index (χ0n) is 25.8. The Labute approximate surface area is 224 Å². The predicted octanol–water partition coefficient (Wildman–Crippen LogP) is 11.0. The van der Waals surface area contributed by atoms with Gasteiger partial charge < -0.3 is 4.42 Å². The van der Waals surface area contributed by atoms with Crippen LogP contribution in [0.2, 0.25) is 0 Å². The largest absolute Gasteiger partial charge is 0.460 e. The molecule has 2 heteroatoms. The maximum Gasteiger partial charge on any atom is 0.138 e. The molecule has 0 aliphatic heterocycles. The Morgan fingerprint density at radius 1 is 0.444 bits per heavy atom. The molecule has 0 saturated heterocycles. The number of fused-ring (bicyclic) bond motifs is 2. The number of rotatable bonds is 0. The molecule has 196 valence electrons. The van der Waals surface area contributed by atoms with Crippen molar-refractivity contribution in [3.63, 3.8) is 0 Å². The number of aryl methyl sites for hydroxylation is 6. The van der Waals surface area contributed by atoms with E-state index in [2.05, 4.69) is 111 Å². The van der Waals surface area contributed by atoms with Crippen molar-refractivity contribution in [2.24, 2.45) is 0 Å². The molecule has 0 radical (unpaired) electrons. The Kier molecular flexibility index (Phi) is 7.41. The number of hydrogen-bond acceptors (Lipinski definition) is 2. The van der Waals surface area contributed by atoms with Crippen molar-refractivity contribution < 1.29 is 4.42 Å². The summed E-state index contributed by atoms with van der Waals surface area (Å²) >= 11 is 1.99. The molecule has 0 N–H and O–H groups in total. The Bertz CT molecular complexity index is 1360. The van der Waals surface area contributed by atoms with Crippen molar-refractivity contribution in [1.82, 2.24) is 0 Å². The molecule has 0 spiro atoms. The summed E-state index contributed by atoms with van der Waals surface area (Å²) in [4.78, 5) is 1.54. The molecule has 0 bridgehead atoms. The Morgan fingerprint density at radius 3 is 1.36 bits per heavy atom. The third-order valence-corrected chi connectivity index (χ3v) is 10.3. The van der Waals surface area contributed by atoms with E-state index in [4.69, 9.17) is 4.42 Å². The van der Waals surface area contributed by atoms with Crippen molar-refractivity contribution >= 4 is 32.4 Å². The first-order valence-electron chi connectivity index (χ1n) is 13.3. The summed E-state index contributed by atoms with van der Waals surface area (Å²) in [5.41, 5.74) is 15.4. The van der Waals surface area contributed by atoms with E-state index >= 15 is 0 Å². The van der Waals surface area contributed by atoms with Crippen LogP contribution in [0.5, 0.6) is 0 Å². The molecule has 0 amide bonds. The molecule has 36 heavy (non-hydrogen) atoms. The second-order valence-corrected chi connectivity index (χ2v) is 14.0. The maximum absolute atomic E-state index is 6.21. The van der Waals surface area contributed by atoms with Gasteiger partial charge in [0.25, 0.3) is 0 Å². The lowest BCUT2D eigenvalue weighted by Gasteiger charge is -2.17. The predicted molar refractivity (Wildman–Crippen MR) is 163 cm³/mol. The van der Waals surface area contributed by atoms with Crippen LogP contribution in [0.1, 0.15) is 108 Å². The summed E-state index contributed by atoms with van der Waals surface area (Å²) in [6.07, 6.45) is 0. The standard InChI is InChI=1S/C17H24O.C17H24S/c2*1-9-10(2)12(4)15-14(11(9)3)13(5)16(18-15)17(6,7)8/h2*1-8H3. The van der Waals surface area contributed by atoms with Crippen molar-refractivity contribution in [2.45, 2.75) is 122 Å². The molecule has 4 rings (SSSR count). The highest BCUT2D eigenvalue weighted by Gasteiger charge is 2.26. The van der Waals surface area contributed by atoms with Crippen molar-refractivity contribution in [1.29, 1.82) is 0 Å². The lowest BCUT2D eigenvalue weighted by atomic mass is 9.88. The fourth-order valence-corrected chi connectivity index (χ4v) is 7.21. The first kappa shape index (κ1) is 28.5. The van der Waals surface area contributed by atoms with Crippen LogP contribution in [0.3, 0.4) is 0 Å². The van der Waals surface area contributed by atoms with E-state index in [1.165, 1.54) is 76.0 Å². The third-order valence-electron chi connectivity index (χ3n) is 8.46. The monoisotopic (exact) mass is 504 g/mol. The van der Waals surface area contributed by atoms with Crippen LogP contribution in [-0.4, -0.2) is 0 Å². The molecule has 2 aromatic carbocycles. The van der Waals surface area contributed by atoms with Crippen molar-refractivity contribution in [3.8, 4) is 0 Å². The average Bonchev–Trinajstić information content (AvgIpc) is 3.31. The summed E-state index contributed by atoms with van der Waals surface area (Å²) in [6, 6.07) is 0. The topological polar surface area (TPSA) is 13.1 Å². The van der Waals surface area contributed by atoms with Gasteiger partial charge in [-0.25, -0.2) is 0 Å². The van der Waals surface area contributed by atoms with E-state index in [9.17, 15) is 0 Å². The molecule has 0 atom stereocenters. The zero-order chi connectivity index (χ0) is 27.7. The smallest absolute Gasteiger partial charge is 0.138 e. The van der Waals surface area contributed by atoms with Crippen molar-refractivity contribution in [3.05, 3.63) is 66.3 Å². The lowest BCUT2D eigenvalue weighted by molar-refractivity contribution is 0.426. The van der Waals surface area contributed by atoms with Gasteiger partial charge in [0.05, 0.1) is 0 Å². The second kappa shape index (κ2) is 9.35. The van der Waals surface area contributed by atoms with E-state index in [0.29, 0.717) is 0 Å². The minimum Gasteiger partial charge on any atom is -0.460 e. The van der Waals surface area contributed by atoms with Gasteiger partial charge in [-0.3, -0.25) is 0 Å². The molecule has 0 aliphatic rings. The SMILES string of the molecule is Cc1c(C)c(C)c2c(C)c(C(C)(C)C)oc2c1C.Cc1c(C)c(C)c2c(C)c(C(C)(C)C)sc2c1C. The highest BCUT2D eigenvalue weighted by atomic mass is 32.1. The van der Waals surface area contributed by atoms with E-state index in [-0.39, 0.29) is 10.8 Å². The molecule has 1 nitrogen and oxygen atoms in total. The highest BCUT2D eigenvalue weighted by Crippen LogP contribution is 2.43. The fourth-order valence-electron chi connectivity index (χ4n) is 5.73. The minimum atomic E-state index is 0.0593. The summed E-state index contributed by atoms with van der Waals surface area (Å²) in [7, 11) is 0. The third kappa shape index (κ3) is 4.55. The molecule has 4 aromatic rings. The van der Waals surface area contributed by atoms with Gasteiger partial charge in [0, 0.05) is 20.4 Å². The molecule has 0 saturated carbocycles. The van der Waals surface area contributed by atoms with Gasteiger partial charge in [-0.15, -0.1) is 11.3 Å². The van der Waals surface area contributed by atoms with Crippen LogP contribution in [0.25, 0.3) is 21.1 Å². The number of furan rings is 1. The van der Waals surface area contributed by atoms with Crippen LogP contribution in [-0.2, 0) is 10.8 Å². The van der Waals surface area contributed by atoms with Gasteiger partial charge >= 0.3 is 0 Å².